The lowest BCUT2D eigenvalue weighted by atomic mass is 10.1. The van der Waals surface area contributed by atoms with Crippen molar-refractivity contribution in [1.29, 1.82) is 0 Å². The van der Waals surface area contributed by atoms with Gasteiger partial charge in [0.15, 0.2) is 0 Å². The third-order valence-electron chi connectivity index (χ3n) is 6.17. The minimum atomic E-state index is -1.61. The second kappa shape index (κ2) is 6.69. The van der Waals surface area contributed by atoms with E-state index in [1.807, 2.05) is 0 Å². The molecule has 0 unspecified atom stereocenters. The van der Waals surface area contributed by atoms with E-state index in [9.17, 15) is 0 Å². The molecule has 30 heavy (non-hydrogen) atoms. The van der Waals surface area contributed by atoms with Crippen molar-refractivity contribution < 1.29 is 0 Å². The maximum atomic E-state index is 3.10. The molecule has 3 aliphatic heterocycles. The van der Waals surface area contributed by atoms with Gasteiger partial charge in [-0.05, 0) is 124 Å². The van der Waals surface area contributed by atoms with Gasteiger partial charge in [-0.25, -0.2) is 0 Å². The summed E-state index contributed by atoms with van der Waals surface area (Å²) < 4.78 is 12.4. The molecule has 0 aromatic carbocycles. The lowest BCUT2D eigenvalue weighted by Crippen LogP contribution is -2.79. The minimum absolute atomic E-state index is 0.257. The highest BCUT2D eigenvalue weighted by Crippen LogP contribution is 3.09. The topological polar surface area (TPSA) is 13.0 Å². The average Bonchev–Trinajstić information content (AvgIpc) is 2.24. The number of hydrogen-bond donors (Lipinski definition) is 0. The maximum Gasteiger partial charge on any atom is 0.211 e. The lowest BCUT2D eigenvalue weighted by Gasteiger charge is -2.80. The molecule has 0 N–H and O–H groups in total. The third kappa shape index (κ3) is 3.34. The van der Waals surface area contributed by atoms with Crippen LogP contribution in [0.15, 0.2) is 0 Å². The van der Waals surface area contributed by atoms with Gasteiger partial charge in [0.2, 0.25) is 16.8 Å². The quantitative estimate of drug-likeness (QED) is 0.231. The largest absolute Gasteiger partial charge is 0.265 e. The average molecular weight is 525 g/mol. The summed E-state index contributed by atoms with van der Waals surface area (Å²) in [5.74, 6) is 0. The molecule has 0 radical (unpaired) electrons. The Kier molecular flexibility index (Phi) is 5.87. The zero-order valence-electron chi connectivity index (χ0n) is 22.6. The van der Waals surface area contributed by atoms with Crippen molar-refractivity contribution in [2.24, 2.45) is 0 Å². The predicted octanol–water partition coefficient (Wildman–Crippen LogP) is 9.08. The Balaban J connectivity index is 2.26. The van der Waals surface area contributed by atoms with Gasteiger partial charge in [-0.1, -0.05) is 0 Å². The summed E-state index contributed by atoms with van der Waals surface area (Å²) in [6.07, 6.45) is 0. The summed E-state index contributed by atoms with van der Waals surface area (Å²) in [4.78, 5) is 0. The van der Waals surface area contributed by atoms with Gasteiger partial charge in [0, 0.05) is 22.2 Å². The monoisotopic (exact) mass is 524 g/mol. The fraction of sp³-hybridized carbons (Fsp3) is 1.00. The number of nitrogens with zero attached hydrogens (tertiary/aromatic N) is 4. The van der Waals surface area contributed by atoms with E-state index in [4.69, 9.17) is 0 Å². The fourth-order valence-corrected chi connectivity index (χ4v) is 86.7. The van der Waals surface area contributed by atoms with Crippen LogP contribution < -0.4 is 0 Å². The van der Waals surface area contributed by atoms with E-state index >= 15 is 0 Å². The standard InChI is InChI=1S/C20H48N4P4Si2/c1-17(2,3)21-27(22(18(4,5)6)29(21,13)14)25-28(26-27)23(19(7,8)9)30(15,16)24(28)20(10,11)12/h1-16H3. The van der Waals surface area contributed by atoms with Crippen molar-refractivity contribution in [1.82, 2.24) is 17.3 Å². The predicted molar refractivity (Wildman–Crippen MR) is 149 cm³/mol. The summed E-state index contributed by atoms with van der Waals surface area (Å²) in [6.45, 7) is 37.4. The first-order valence-electron chi connectivity index (χ1n) is 11.4. The summed E-state index contributed by atoms with van der Waals surface area (Å²) in [7, 11) is 0.366. The highest BCUT2D eigenvalue weighted by molar-refractivity contribution is 8.80. The van der Waals surface area contributed by atoms with Crippen LogP contribution in [0.1, 0.15) is 83.1 Å². The van der Waals surface area contributed by atoms with E-state index in [0.29, 0.717) is 0 Å². The molecule has 176 valence electrons. The van der Waals surface area contributed by atoms with Gasteiger partial charge in [-0.15, -0.1) is 0 Å². The molecule has 2 saturated heterocycles. The van der Waals surface area contributed by atoms with Gasteiger partial charge in [0.05, 0.1) is 13.1 Å². The van der Waals surface area contributed by atoms with E-state index in [1.54, 1.807) is 15.1 Å². The first-order chi connectivity index (χ1) is 12.9. The normalized spacial score (nSPS) is 30.1. The molecule has 0 amide bonds. The second-order valence-electron chi connectivity index (χ2n) is 14.2. The van der Waals surface area contributed by atoms with Crippen molar-refractivity contribution >= 4 is 45.0 Å². The van der Waals surface area contributed by atoms with Crippen molar-refractivity contribution in [3.63, 3.8) is 0 Å². The van der Waals surface area contributed by atoms with Gasteiger partial charge in [-0.2, -0.15) is 0 Å². The second-order valence-corrected chi connectivity index (χ2v) is 40.4. The molecule has 0 saturated carbocycles. The van der Waals surface area contributed by atoms with Crippen LogP contribution in [0.4, 0.5) is 0 Å². The van der Waals surface area contributed by atoms with Crippen LogP contribution in [0.25, 0.3) is 0 Å². The van der Waals surface area contributed by atoms with E-state index in [0.717, 1.165) is 0 Å². The van der Waals surface area contributed by atoms with Crippen LogP contribution in [-0.2, 0) is 0 Å². The smallest absolute Gasteiger partial charge is 0.211 e. The first-order valence-corrected chi connectivity index (χ1v) is 25.2. The third-order valence-corrected chi connectivity index (χ3v) is 56.3. The van der Waals surface area contributed by atoms with Crippen LogP contribution >= 0.6 is 28.2 Å². The zero-order valence-corrected chi connectivity index (χ0v) is 28.2. The Morgan fingerprint density at radius 3 is 0.733 bits per heavy atom. The molecule has 3 heterocycles. The van der Waals surface area contributed by atoms with Gasteiger partial charge in [-0.3, -0.25) is 17.3 Å². The number of rotatable bonds is 0. The molecule has 3 rings (SSSR count). The van der Waals surface area contributed by atoms with Crippen LogP contribution in [0.3, 0.4) is 0 Å². The van der Waals surface area contributed by atoms with Gasteiger partial charge < -0.3 is 0 Å². The van der Waals surface area contributed by atoms with Crippen LogP contribution in [0, 0.1) is 0 Å². The Morgan fingerprint density at radius 2 is 0.600 bits per heavy atom. The fourth-order valence-electron chi connectivity index (χ4n) is 7.14. The van der Waals surface area contributed by atoms with E-state index < -0.39 is 29.9 Å². The van der Waals surface area contributed by atoms with E-state index in [1.165, 1.54) is 0 Å². The highest BCUT2D eigenvalue weighted by atomic mass is 32.7. The Morgan fingerprint density at radius 1 is 0.433 bits per heavy atom. The molecule has 0 aliphatic carbocycles. The van der Waals surface area contributed by atoms with Crippen molar-refractivity contribution in [2.75, 3.05) is 0 Å². The van der Waals surface area contributed by atoms with Crippen molar-refractivity contribution in [3.05, 3.63) is 0 Å². The van der Waals surface area contributed by atoms with Gasteiger partial charge >= 0.3 is 0 Å². The molecule has 0 atom stereocenters. The SMILES string of the molecule is CC(C)(C)N1[Si](C)(C)N(C(C)(C)C)P12=PP1(=P2)N(C(C)(C)C)[Si](C)(C)N1C(C)(C)C. The summed E-state index contributed by atoms with van der Waals surface area (Å²) in [6, 6.07) is 0. The molecule has 4 nitrogen and oxygen atoms in total. The number of hydrogen-bond acceptors (Lipinski definition) is 4. The molecule has 0 aromatic heterocycles. The van der Waals surface area contributed by atoms with Crippen molar-refractivity contribution in [3.8, 4) is 0 Å². The first kappa shape index (κ1) is 26.3. The zero-order chi connectivity index (χ0) is 23.7. The summed E-state index contributed by atoms with van der Waals surface area (Å²) in [5, 5.41) is 0. The molecule has 3 aliphatic rings. The molecule has 2 spiro atoms. The van der Waals surface area contributed by atoms with Crippen LogP contribution in [0.5, 0.6) is 0 Å². The molecule has 2 fully saturated rings. The molecular formula is C20H48N4P4Si2. The molecular weight excluding hydrogens is 476 g/mol. The summed E-state index contributed by atoms with van der Waals surface area (Å²) in [5.41, 5.74) is 1.03. The summed E-state index contributed by atoms with van der Waals surface area (Å²) >= 11 is 0. The van der Waals surface area contributed by atoms with Crippen molar-refractivity contribution in [2.45, 2.75) is 131 Å². The highest BCUT2D eigenvalue weighted by Gasteiger charge is 2.75. The molecule has 10 heteroatoms. The minimum Gasteiger partial charge on any atom is -0.265 e. The lowest BCUT2D eigenvalue weighted by molar-refractivity contribution is 0.241. The Bertz CT molecular complexity index is 730. The van der Waals surface area contributed by atoms with Gasteiger partial charge in [0.1, 0.15) is 0 Å². The van der Waals surface area contributed by atoms with Crippen LogP contribution in [0.2, 0.25) is 26.2 Å². The van der Waals surface area contributed by atoms with E-state index in [-0.39, 0.29) is 22.2 Å². The maximum absolute atomic E-state index is 3.10. The van der Waals surface area contributed by atoms with E-state index in [2.05, 4.69) is 127 Å². The molecule has 0 aromatic rings. The molecule has 0 bridgehead atoms. The van der Waals surface area contributed by atoms with Crippen LogP contribution in [-0.4, -0.2) is 56.3 Å². The van der Waals surface area contributed by atoms with Gasteiger partial charge in [0.25, 0.3) is 0 Å². The Labute approximate surface area is 193 Å². The Hall–Kier alpha value is 1.73.